The van der Waals surface area contributed by atoms with Crippen LogP contribution in [0.4, 0.5) is 0 Å². The van der Waals surface area contributed by atoms with Gasteiger partial charge in [0.15, 0.2) is 0 Å². The van der Waals surface area contributed by atoms with Crippen LogP contribution >= 0.6 is 11.6 Å². The molecule has 0 bridgehead atoms. The number of hydrogen-bond acceptors (Lipinski definition) is 3. The Bertz CT molecular complexity index is 842. The average molecular weight is 301 g/mol. The first-order valence-electron chi connectivity index (χ1n) is 6.14. The number of nitrogens with two attached hydrogens (primary N) is 1. The van der Waals surface area contributed by atoms with Gasteiger partial charge in [0, 0.05) is 17.1 Å². The number of ether oxygens (including phenoxy) is 1. The van der Waals surface area contributed by atoms with Gasteiger partial charge >= 0.3 is 0 Å². The van der Waals surface area contributed by atoms with Crippen molar-refractivity contribution in [3.63, 3.8) is 0 Å². The number of halogens is 1. The Balaban J connectivity index is 2.41. The number of H-pyrrole nitrogens is 1. The van der Waals surface area contributed by atoms with E-state index in [1.165, 1.54) is 13.3 Å². The van der Waals surface area contributed by atoms with Gasteiger partial charge in [0.2, 0.25) is 5.88 Å². The third kappa shape index (κ3) is 2.11. The number of aromatic nitrogens is 2. The number of primary amides is 1. The highest BCUT2D eigenvalue weighted by atomic mass is 35.5. The number of carbonyl (C=O) groups is 1. The molecule has 1 aromatic carbocycles. The summed E-state index contributed by atoms with van der Waals surface area (Å²) in [5, 5.41) is 1.12. The molecule has 0 atom stereocenters. The molecule has 105 valence electrons. The van der Waals surface area contributed by atoms with E-state index in [1.54, 1.807) is 24.3 Å². The highest BCUT2D eigenvalue weighted by molar-refractivity contribution is 6.34. The molecule has 1 amide bonds. The molecular formula is C15H11ClN3O2. The van der Waals surface area contributed by atoms with E-state index in [0.29, 0.717) is 33.1 Å². The molecular weight excluding hydrogens is 290 g/mol. The van der Waals surface area contributed by atoms with Gasteiger partial charge in [0.1, 0.15) is 0 Å². The van der Waals surface area contributed by atoms with E-state index >= 15 is 0 Å². The van der Waals surface area contributed by atoms with Crippen LogP contribution in [0.3, 0.4) is 0 Å². The summed E-state index contributed by atoms with van der Waals surface area (Å²) in [6.45, 7) is 0. The maximum absolute atomic E-state index is 11.9. The first kappa shape index (κ1) is 13.5. The number of pyridine rings is 1. The highest BCUT2D eigenvalue weighted by Gasteiger charge is 2.22. The molecule has 0 aliphatic heterocycles. The molecule has 3 N–H and O–H groups in total. The van der Waals surface area contributed by atoms with E-state index < -0.39 is 5.91 Å². The normalized spacial score (nSPS) is 10.8. The zero-order valence-electron chi connectivity index (χ0n) is 11.1. The van der Waals surface area contributed by atoms with E-state index in [2.05, 4.69) is 16.0 Å². The third-order valence-corrected chi connectivity index (χ3v) is 3.51. The summed E-state index contributed by atoms with van der Waals surface area (Å²) < 4.78 is 5.24. The zero-order chi connectivity index (χ0) is 15.0. The second kappa shape index (κ2) is 5.10. The molecule has 6 heteroatoms. The molecule has 2 aromatic heterocycles. The number of aromatic amines is 1. The topological polar surface area (TPSA) is 81.0 Å². The summed E-state index contributed by atoms with van der Waals surface area (Å²) >= 11 is 6.25. The van der Waals surface area contributed by atoms with Crippen molar-refractivity contribution >= 4 is 28.4 Å². The number of nitrogens with zero attached hydrogens (tertiary/aromatic N) is 1. The van der Waals surface area contributed by atoms with E-state index in [4.69, 9.17) is 22.1 Å². The molecule has 3 aromatic rings. The van der Waals surface area contributed by atoms with Crippen LogP contribution in [0.5, 0.6) is 5.88 Å². The number of hydrogen-bond donors (Lipinski definition) is 2. The monoisotopic (exact) mass is 300 g/mol. The van der Waals surface area contributed by atoms with Crippen LogP contribution in [0.2, 0.25) is 5.02 Å². The number of amides is 1. The van der Waals surface area contributed by atoms with Gasteiger partial charge in [0.25, 0.3) is 5.91 Å². The van der Waals surface area contributed by atoms with Crippen molar-refractivity contribution < 1.29 is 9.53 Å². The van der Waals surface area contributed by atoms with Crippen LogP contribution in [0, 0.1) is 6.07 Å². The second-order valence-corrected chi connectivity index (χ2v) is 4.80. The van der Waals surface area contributed by atoms with Crippen molar-refractivity contribution in [2.75, 3.05) is 7.11 Å². The predicted molar refractivity (Wildman–Crippen MR) is 80.4 cm³/mol. The molecule has 3 rings (SSSR count). The summed E-state index contributed by atoms with van der Waals surface area (Å²) in [5.74, 6) is -0.232. The molecule has 5 nitrogen and oxygen atoms in total. The van der Waals surface area contributed by atoms with Gasteiger partial charge in [0.05, 0.1) is 29.0 Å². The fourth-order valence-corrected chi connectivity index (χ4v) is 2.56. The Morgan fingerprint density at radius 1 is 1.48 bits per heavy atom. The van der Waals surface area contributed by atoms with Crippen LogP contribution in [-0.2, 0) is 0 Å². The zero-order valence-corrected chi connectivity index (χ0v) is 11.9. The second-order valence-electron chi connectivity index (χ2n) is 4.39. The van der Waals surface area contributed by atoms with Crippen LogP contribution < -0.4 is 10.5 Å². The largest absolute Gasteiger partial charge is 0.480 e. The molecule has 1 radical (unpaired) electrons. The molecule has 0 aliphatic rings. The Kier molecular flexibility index (Phi) is 3.27. The summed E-state index contributed by atoms with van der Waals surface area (Å²) in [4.78, 5) is 19.1. The quantitative estimate of drug-likeness (QED) is 0.780. The van der Waals surface area contributed by atoms with Gasteiger partial charge in [-0.25, -0.2) is 4.98 Å². The lowest BCUT2D eigenvalue weighted by molar-refractivity contribution is 0.100. The summed E-state index contributed by atoms with van der Waals surface area (Å²) in [5.41, 5.74) is 7.62. The van der Waals surface area contributed by atoms with Gasteiger partial charge < -0.3 is 15.5 Å². The third-order valence-electron chi connectivity index (χ3n) is 3.20. The van der Waals surface area contributed by atoms with Crippen molar-refractivity contribution in [1.82, 2.24) is 9.97 Å². The van der Waals surface area contributed by atoms with Crippen molar-refractivity contribution in [1.29, 1.82) is 0 Å². The van der Waals surface area contributed by atoms with E-state index in [0.717, 1.165) is 5.52 Å². The predicted octanol–water partition coefficient (Wildman–Crippen LogP) is 2.79. The Morgan fingerprint density at radius 3 is 3.00 bits per heavy atom. The standard InChI is InChI=1S/C15H11ClN3O2/c1-21-15-12(9(16)6-7-18-15)13-11(14(17)20)8-4-2-3-5-10(8)19-13/h2,4-7,19H,1H3,(H2,17,20). The summed E-state index contributed by atoms with van der Waals surface area (Å²) in [6.07, 6.45) is 1.53. The maximum atomic E-state index is 11.9. The summed E-state index contributed by atoms with van der Waals surface area (Å²) in [7, 11) is 1.49. The molecule has 2 heterocycles. The Hall–Kier alpha value is -2.53. The smallest absolute Gasteiger partial charge is 0.251 e. The lowest BCUT2D eigenvalue weighted by atomic mass is 10.1. The lowest BCUT2D eigenvalue weighted by Crippen LogP contribution is -2.12. The molecule has 21 heavy (non-hydrogen) atoms. The minimum Gasteiger partial charge on any atom is -0.480 e. The number of fused-ring (bicyclic) bond motifs is 1. The minimum absolute atomic E-state index is 0.320. The van der Waals surface area contributed by atoms with Crippen molar-refractivity contribution in [2.24, 2.45) is 5.73 Å². The maximum Gasteiger partial charge on any atom is 0.251 e. The van der Waals surface area contributed by atoms with E-state index in [1.807, 2.05) is 0 Å². The number of carbonyl (C=O) groups excluding carboxylic acids is 1. The van der Waals surface area contributed by atoms with E-state index in [-0.39, 0.29) is 0 Å². The van der Waals surface area contributed by atoms with Gasteiger partial charge in [-0.15, -0.1) is 0 Å². The van der Waals surface area contributed by atoms with Crippen molar-refractivity contribution in [2.45, 2.75) is 0 Å². The first-order chi connectivity index (χ1) is 10.1. The number of nitrogens with one attached hydrogen (secondary N) is 1. The van der Waals surface area contributed by atoms with Gasteiger partial charge in [-0.2, -0.15) is 0 Å². The molecule has 0 aliphatic carbocycles. The molecule has 0 saturated carbocycles. The molecule has 0 spiro atoms. The Labute approximate surface area is 125 Å². The fourth-order valence-electron chi connectivity index (χ4n) is 2.33. The fraction of sp³-hybridized carbons (Fsp3) is 0.0667. The van der Waals surface area contributed by atoms with Crippen LogP contribution in [0.1, 0.15) is 10.4 Å². The summed E-state index contributed by atoms with van der Waals surface area (Å²) in [6, 6.07) is 9.80. The molecule has 0 saturated heterocycles. The minimum atomic E-state index is -0.551. The average Bonchev–Trinajstić information content (AvgIpc) is 2.85. The first-order valence-corrected chi connectivity index (χ1v) is 6.51. The van der Waals surface area contributed by atoms with Crippen LogP contribution in [-0.4, -0.2) is 23.0 Å². The van der Waals surface area contributed by atoms with Crippen LogP contribution in [0.15, 0.2) is 30.5 Å². The van der Waals surface area contributed by atoms with E-state index in [9.17, 15) is 4.79 Å². The molecule has 0 fully saturated rings. The highest BCUT2D eigenvalue weighted by Crippen LogP contribution is 2.38. The number of benzene rings is 1. The number of methoxy groups -OCH3 is 1. The van der Waals surface area contributed by atoms with Gasteiger partial charge in [-0.05, 0) is 18.2 Å². The van der Waals surface area contributed by atoms with Crippen molar-refractivity contribution in [3.8, 4) is 17.1 Å². The van der Waals surface area contributed by atoms with Crippen molar-refractivity contribution in [3.05, 3.63) is 47.1 Å². The SMILES string of the molecule is COc1nccc(Cl)c1-c1[nH]c2c[c]ccc2c1C(N)=O. The van der Waals surface area contributed by atoms with Crippen LogP contribution in [0.25, 0.3) is 22.2 Å². The molecule has 0 unspecified atom stereocenters. The van der Waals surface area contributed by atoms with Gasteiger partial charge in [-0.1, -0.05) is 23.7 Å². The lowest BCUT2D eigenvalue weighted by Gasteiger charge is -2.09. The Morgan fingerprint density at radius 2 is 2.29 bits per heavy atom. The number of rotatable bonds is 3. The van der Waals surface area contributed by atoms with Gasteiger partial charge in [-0.3, -0.25) is 4.79 Å².